The Morgan fingerprint density at radius 1 is 1.58 bits per heavy atom. The van der Waals surface area contributed by atoms with Gasteiger partial charge in [-0.1, -0.05) is 13.8 Å². The summed E-state index contributed by atoms with van der Waals surface area (Å²) in [5.41, 5.74) is 5.51. The molecule has 0 unspecified atom stereocenters. The number of primary amides is 1. The van der Waals surface area contributed by atoms with Gasteiger partial charge in [-0.05, 0) is 18.9 Å². The third kappa shape index (κ3) is 2.21. The predicted molar refractivity (Wildman–Crippen MR) is 48.6 cm³/mol. The lowest BCUT2D eigenvalue weighted by Gasteiger charge is -2.39. The molecule has 70 valence electrons. The van der Waals surface area contributed by atoms with Crippen molar-refractivity contribution in [2.24, 2.45) is 17.1 Å². The summed E-state index contributed by atoms with van der Waals surface area (Å²) < 4.78 is 0. The average molecular weight is 170 g/mol. The summed E-state index contributed by atoms with van der Waals surface area (Å²) in [4.78, 5) is 13.2. The molecule has 0 aromatic carbocycles. The van der Waals surface area contributed by atoms with Gasteiger partial charge in [0.05, 0.1) is 5.92 Å². The number of hydrogen-bond acceptors (Lipinski definition) is 2. The first-order chi connectivity index (χ1) is 5.41. The quantitative estimate of drug-likeness (QED) is 0.621. The van der Waals surface area contributed by atoms with Crippen molar-refractivity contribution in [1.29, 1.82) is 0 Å². The smallest absolute Gasteiger partial charge is 0.221 e. The van der Waals surface area contributed by atoms with Crippen LogP contribution in [0.4, 0.5) is 0 Å². The van der Waals surface area contributed by atoms with Crippen molar-refractivity contribution in [2.75, 3.05) is 20.1 Å². The van der Waals surface area contributed by atoms with E-state index >= 15 is 0 Å². The minimum Gasteiger partial charge on any atom is -0.369 e. The molecule has 0 aliphatic carbocycles. The van der Waals surface area contributed by atoms with Crippen LogP contribution < -0.4 is 5.73 Å². The Morgan fingerprint density at radius 3 is 2.58 bits per heavy atom. The van der Waals surface area contributed by atoms with E-state index in [-0.39, 0.29) is 17.2 Å². The van der Waals surface area contributed by atoms with E-state index in [4.69, 9.17) is 5.73 Å². The molecule has 0 spiro atoms. The van der Waals surface area contributed by atoms with Gasteiger partial charge in [-0.25, -0.2) is 0 Å². The second kappa shape index (κ2) is 3.05. The van der Waals surface area contributed by atoms with E-state index in [1.165, 1.54) is 0 Å². The molecule has 0 saturated carbocycles. The molecule has 0 aromatic rings. The molecule has 0 aromatic heterocycles. The number of likely N-dealkylation sites (tertiary alicyclic amines) is 1. The molecule has 1 amide bonds. The van der Waals surface area contributed by atoms with Crippen molar-refractivity contribution in [3.8, 4) is 0 Å². The molecule has 1 saturated heterocycles. The second-order valence-electron chi connectivity index (χ2n) is 4.66. The number of hydrogen-bond donors (Lipinski definition) is 1. The largest absolute Gasteiger partial charge is 0.369 e. The Morgan fingerprint density at radius 2 is 2.17 bits per heavy atom. The topological polar surface area (TPSA) is 46.3 Å². The number of nitrogens with zero attached hydrogens (tertiary/aromatic N) is 1. The number of carbonyl (C=O) groups is 1. The Hall–Kier alpha value is -0.570. The van der Waals surface area contributed by atoms with Gasteiger partial charge in [0.25, 0.3) is 0 Å². The highest BCUT2D eigenvalue weighted by Gasteiger charge is 2.33. The van der Waals surface area contributed by atoms with Gasteiger partial charge >= 0.3 is 0 Å². The van der Waals surface area contributed by atoms with Crippen molar-refractivity contribution in [3.63, 3.8) is 0 Å². The van der Waals surface area contributed by atoms with E-state index in [9.17, 15) is 4.79 Å². The molecule has 3 heteroatoms. The van der Waals surface area contributed by atoms with Crippen LogP contribution in [0.2, 0.25) is 0 Å². The van der Waals surface area contributed by atoms with Crippen LogP contribution >= 0.6 is 0 Å². The van der Waals surface area contributed by atoms with Gasteiger partial charge in [-0.15, -0.1) is 0 Å². The number of carbonyl (C=O) groups excluding carboxylic acids is 1. The zero-order chi connectivity index (χ0) is 9.35. The summed E-state index contributed by atoms with van der Waals surface area (Å²) in [6, 6.07) is 0. The Bertz CT molecular complexity index is 189. The van der Waals surface area contributed by atoms with E-state index in [1.807, 2.05) is 7.05 Å². The van der Waals surface area contributed by atoms with Crippen LogP contribution in [0.25, 0.3) is 0 Å². The highest BCUT2D eigenvalue weighted by Crippen LogP contribution is 2.31. The predicted octanol–water partition coefficient (Wildman–Crippen LogP) is 0.450. The molecular weight excluding hydrogens is 152 g/mol. The SMILES string of the molecule is CN1C[C@H](C(N)=O)CC(C)(C)C1. The zero-order valence-corrected chi connectivity index (χ0v) is 8.13. The van der Waals surface area contributed by atoms with Crippen LogP contribution in [0.15, 0.2) is 0 Å². The molecule has 12 heavy (non-hydrogen) atoms. The van der Waals surface area contributed by atoms with Gasteiger partial charge < -0.3 is 10.6 Å². The van der Waals surface area contributed by atoms with Gasteiger partial charge in [-0.2, -0.15) is 0 Å². The lowest BCUT2D eigenvalue weighted by atomic mass is 9.78. The Labute approximate surface area is 73.9 Å². The summed E-state index contributed by atoms with van der Waals surface area (Å²) in [6.45, 7) is 6.23. The minimum absolute atomic E-state index is 0.0405. The van der Waals surface area contributed by atoms with Crippen LogP contribution in [0.1, 0.15) is 20.3 Å². The molecular formula is C9H18N2O. The number of nitrogens with two attached hydrogens (primary N) is 1. The molecule has 1 aliphatic heterocycles. The first-order valence-corrected chi connectivity index (χ1v) is 4.38. The van der Waals surface area contributed by atoms with Gasteiger partial charge in [0.2, 0.25) is 5.91 Å². The number of amides is 1. The lowest BCUT2D eigenvalue weighted by molar-refractivity contribution is -0.125. The van der Waals surface area contributed by atoms with Gasteiger partial charge in [0.15, 0.2) is 0 Å². The molecule has 0 bridgehead atoms. The van der Waals surface area contributed by atoms with E-state index in [0.29, 0.717) is 0 Å². The zero-order valence-electron chi connectivity index (χ0n) is 8.13. The highest BCUT2D eigenvalue weighted by molar-refractivity contribution is 5.77. The third-order valence-electron chi connectivity index (χ3n) is 2.43. The molecule has 1 aliphatic rings. The standard InChI is InChI=1S/C9H18N2O/c1-9(2)4-7(8(10)12)5-11(3)6-9/h7H,4-6H2,1-3H3,(H2,10,12)/t7-/m1/s1. The number of piperidine rings is 1. The summed E-state index contributed by atoms with van der Waals surface area (Å²) in [7, 11) is 2.04. The fourth-order valence-electron chi connectivity index (χ4n) is 2.16. The lowest BCUT2D eigenvalue weighted by Crippen LogP contribution is -2.46. The van der Waals surface area contributed by atoms with Crippen LogP contribution in [-0.4, -0.2) is 30.9 Å². The highest BCUT2D eigenvalue weighted by atomic mass is 16.1. The van der Waals surface area contributed by atoms with E-state index < -0.39 is 0 Å². The molecule has 1 rings (SSSR count). The summed E-state index contributed by atoms with van der Waals surface area (Å²) in [6.07, 6.45) is 0.923. The second-order valence-corrected chi connectivity index (χ2v) is 4.66. The minimum atomic E-state index is -0.158. The average Bonchev–Trinajstić information content (AvgIpc) is 1.82. The van der Waals surface area contributed by atoms with Crippen molar-refractivity contribution in [2.45, 2.75) is 20.3 Å². The van der Waals surface area contributed by atoms with Crippen molar-refractivity contribution in [3.05, 3.63) is 0 Å². The fraction of sp³-hybridized carbons (Fsp3) is 0.889. The van der Waals surface area contributed by atoms with Gasteiger partial charge in [0, 0.05) is 13.1 Å². The van der Waals surface area contributed by atoms with E-state index in [0.717, 1.165) is 19.5 Å². The van der Waals surface area contributed by atoms with Crippen molar-refractivity contribution in [1.82, 2.24) is 4.90 Å². The maximum atomic E-state index is 11.0. The molecule has 1 heterocycles. The summed E-state index contributed by atoms with van der Waals surface area (Å²) in [5.74, 6) is -0.117. The maximum Gasteiger partial charge on any atom is 0.221 e. The van der Waals surface area contributed by atoms with Crippen molar-refractivity contribution >= 4 is 5.91 Å². The Balaban J connectivity index is 2.64. The molecule has 0 radical (unpaired) electrons. The van der Waals surface area contributed by atoms with E-state index in [2.05, 4.69) is 18.7 Å². The Kier molecular flexibility index (Phi) is 2.42. The van der Waals surface area contributed by atoms with Crippen LogP contribution in [-0.2, 0) is 4.79 Å². The summed E-state index contributed by atoms with van der Waals surface area (Å²) in [5, 5.41) is 0. The third-order valence-corrected chi connectivity index (χ3v) is 2.43. The fourth-order valence-corrected chi connectivity index (χ4v) is 2.16. The number of rotatable bonds is 1. The van der Waals surface area contributed by atoms with Crippen molar-refractivity contribution < 1.29 is 4.79 Å². The van der Waals surface area contributed by atoms with Crippen LogP contribution in [0.3, 0.4) is 0 Å². The van der Waals surface area contributed by atoms with Crippen LogP contribution in [0.5, 0.6) is 0 Å². The normalized spacial score (nSPS) is 30.1. The van der Waals surface area contributed by atoms with E-state index in [1.54, 1.807) is 0 Å². The first kappa shape index (κ1) is 9.52. The summed E-state index contributed by atoms with van der Waals surface area (Å²) >= 11 is 0. The molecule has 3 nitrogen and oxygen atoms in total. The molecule has 2 N–H and O–H groups in total. The monoisotopic (exact) mass is 170 g/mol. The van der Waals surface area contributed by atoms with Crippen LogP contribution in [0, 0.1) is 11.3 Å². The molecule has 1 fully saturated rings. The molecule has 1 atom stereocenters. The van der Waals surface area contributed by atoms with Gasteiger partial charge in [-0.3, -0.25) is 4.79 Å². The van der Waals surface area contributed by atoms with Gasteiger partial charge in [0.1, 0.15) is 0 Å². The first-order valence-electron chi connectivity index (χ1n) is 4.38. The maximum absolute atomic E-state index is 11.0.